The molecule has 26 heavy (non-hydrogen) atoms. The second kappa shape index (κ2) is 6.14. The molecule has 1 amide bonds. The molecular weight excluding hydrogens is 332 g/mol. The lowest BCUT2D eigenvalue weighted by Gasteiger charge is -2.09. The molecular formula is C18H18N6O2. The summed E-state index contributed by atoms with van der Waals surface area (Å²) in [7, 11) is 1.79. The normalized spacial score (nSPS) is 11.4. The van der Waals surface area contributed by atoms with Crippen LogP contribution in [0, 0.1) is 0 Å². The first-order chi connectivity index (χ1) is 12.5. The minimum Gasteiger partial charge on any atom is -0.463 e. The van der Waals surface area contributed by atoms with Crippen LogP contribution >= 0.6 is 0 Å². The molecule has 4 heterocycles. The Labute approximate surface area is 149 Å². The lowest BCUT2D eigenvalue weighted by atomic mass is 10.1. The van der Waals surface area contributed by atoms with Crippen LogP contribution in [0.4, 0.5) is 5.82 Å². The third-order valence-electron chi connectivity index (χ3n) is 4.03. The van der Waals surface area contributed by atoms with E-state index in [1.165, 1.54) is 0 Å². The van der Waals surface area contributed by atoms with Crippen LogP contribution in [0.25, 0.3) is 22.5 Å². The monoisotopic (exact) mass is 350 g/mol. The molecule has 8 nitrogen and oxygen atoms in total. The molecule has 0 bridgehead atoms. The number of hydrogen-bond acceptors (Lipinski definition) is 5. The Morgan fingerprint density at radius 2 is 2.15 bits per heavy atom. The Morgan fingerprint density at radius 1 is 1.31 bits per heavy atom. The highest BCUT2D eigenvalue weighted by Gasteiger charge is 2.20. The van der Waals surface area contributed by atoms with Gasteiger partial charge in [0.1, 0.15) is 5.69 Å². The number of aromatic nitrogens is 5. The standard InChI is InChI=1S/C18H18N6O2/c1-11(2)24-17-13(10-19-24)12(9-14(20-17)15-5-4-8-26-15)18(25)21-16-6-7-23(3)22-16/h4-11H,1-3H3,(H,21,22,25). The summed E-state index contributed by atoms with van der Waals surface area (Å²) in [6, 6.07) is 7.16. The molecule has 0 atom stereocenters. The fourth-order valence-electron chi connectivity index (χ4n) is 2.80. The summed E-state index contributed by atoms with van der Waals surface area (Å²) >= 11 is 0. The van der Waals surface area contributed by atoms with E-state index in [-0.39, 0.29) is 11.9 Å². The van der Waals surface area contributed by atoms with Crippen LogP contribution in [0.1, 0.15) is 30.2 Å². The second-order valence-corrected chi connectivity index (χ2v) is 6.28. The number of aryl methyl sites for hydroxylation is 1. The predicted octanol–water partition coefficient (Wildman–Crippen LogP) is 3.26. The van der Waals surface area contributed by atoms with Gasteiger partial charge in [-0.2, -0.15) is 10.2 Å². The summed E-state index contributed by atoms with van der Waals surface area (Å²) in [6.45, 7) is 4.03. The molecule has 0 aliphatic carbocycles. The zero-order valence-electron chi connectivity index (χ0n) is 14.7. The Bertz CT molecular complexity index is 1070. The Kier molecular flexibility index (Phi) is 3.80. The zero-order chi connectivity index (χ0) is 18.3. The van der Waals surface area contributed by atoms with E-state index in [1.807, 2.05) is 19.9 Å². The fourth-order valence-corrected chi connectivity index (χ4v) is 2.80. The molecule has 8 heteroatoms. The van der Waals surface area contributed by atoms with Crippen molar-refractivity contribution in [3.05, 3.63) is 48.5 Å². The molecule has 0 aliphatic heterocycles. The average Bonchev–Trinajstić information content (AvgIpc) is 3.33. The number of nitrogens with one attached hydrogen (secondary N) is 1. The molecule has 0 unspecified atom stereocenters. The van der Waals surface area contributed by atoms with E-state index in [0.717, 1.165) is 0 Å². The van der Waals surface area contributed by atoms with Crippen molar-refractivity contribution in [2.45, 2.75) is 19.9 Å². The SMILES string of the molecule is CC(C)n1ncc2c(C(=O)Nc3ccn(C)n3)cc(-c3ccco3)nc21. The molecule has 0 fully saturated rings. The van der Waals surface area contributed by atoms with Crippen molar-refractivity contribution in [1.82, 2.24) is 24.5 Å². The number of pyridine rings is 1. The molecule has 0 aliphatic rings. The number of anilines is 1. The van der Waals surface area contributed by atoms with Crippen LogP contribution in [0.15, 0.2) is 47.3 Å². The zero-order valence-corrected chi connectivity index (χ0v) is 14.7. The van der Waals surface area contributed by atoms with Gasteiger partial charge in [-0.25, -0.2) is 9.67 Å². The first kappa shape index (κ1) is 16.1. The van der Waals surface area contributed by atoms with E-state index in [4.69, 9.17) is 4.42 Å². The summed E-state index contributed by atoms with van der Waals surface area (Å²) in [5.74, 6) is 0.806. The molecule has 0 saturated carbocycles. The van der Waals surface area contributed by atoms with E-state index in [9.17, 15) is 4.79 Å². The minimum atomic E-state index is -0.271. The van der Waals surface area contributed by atoms with E-state index in [0.29, 0.717) is 33.9 Å². The molecule has 0 radical (unpaired) electrons. The summed E-state index contributed by atoms with van der Waals surface area (Å²) in [6.07, 6.45) is 5.01. The van der Waals surface area contributed by atoms with Crippen LogP contribution in [0.3, 0.4) is 0 Å². The molecule has 4 rings (SSSR count). The number of carbonyl (C=O) groups excluding carboxylic acids is 1. The number of rotatable bonds is 4. The molecule has 0 spiro atoms. The molecule has 4 aromatic heterocycles. The van der Waals surface area contributed by atoms with Crippen LogP contribution in [0.2, 0.25) is 0 Å². The number of amides is 1. The summed E-state index contributed by atoms with van der Waals surface area (Å²) in [5, 5.41) is 12.1. The first-order valence-electron chi connectivity index (χ1n) is 8.26. The number of carbonyl (C=O) groups is 1. The van der Waals surface area contributed by atoms with Crippen molar-refractivity contribution in [1.29, 1.82) is 0 Å². The smallest absolute Gasteiger partial charge is 0.257 e. The van der Waals surface area contributed by atoms with E-state index in [2.05, 4.69) is 20.5 Å². The van der Waals surface area contributed by atoms with Gasteiger partial charge in [0.2, 0.25) is 0 Å². The largest absolute Gasteiger partial charge is 0.463 e. The minimum absolute atomic E-state index is 0.110. The van der Waals surface area contributed by atoms with Gasteiger partial charge in [0, 0.05) is 25.4 Å². The van der Waals surface area contributed by atoms with Crippen molar-refractivity contribution < 1.29 is 9.21 Å². The Hall–Kier alpha value is -3.42. The van der Waals surface area contributed by atoms with Crippen molar-refractivity contribution in [2.75, 3.05) is 5.32 Å². The first-order valence-corrected chi connectivity index (χ1v) is 8.26. The van der Waals surface area contributed by atoms with Gasteiger partial charge in [-0.3, -0.25) is 9.48 Å². The van der Waals surface area contributed by atoms with Gasteiger partial charge >= 0.3 is 0 Å². The van der Waals surface area contributed by atoms with Gasteiger partial charge in [-0.15, -0.1) is 0 Å². The molecule has 1 N–H and O–H groups in total. The number of fused-ring (bicyclic) bond motifs is 1. The summed E-state index contributed by atoms with van der Waals surface area (Å²) in [5.41, 5.74) is 1.69. The van der Waals surface area contributed by atoms with Crippen molar-refractivity contribution in [3.8, 4) is 11.5 Å². The van der Waals surface area contributed by atoms with Crippen LogP contribution < -0.4 is 5.32 Å². The molecule has 4 aromatic rings. The Balaban J connectivity index is 1.85. The summed E-state index contributed by atoms with van der Waals surface area (Å²) < 4.78 is 8.88. The Morgan fingerprint density at radius 3 is 2.81 bits per heavy atom. The van der Waals surface area contributed by atoms with Crippen LogP contribution in [-0.2, 0) is 7.05 Å². The lowest BCUT2D eigenvalue weighted by molar-refractivity contribution is 0.102. The maximum atomic E-state index is 12.9. The van der Waals surface area contributed by atoms with Crippen molar-refractivity contribution in [2.24, 2.45) is 7.05 Å². The highest BCUT2D eigenvalue weighted by atomic mass is 16.3. The maximum Gasteiger partial charge on any atom is 0.257 e. The van der Waals surface area contributed by atoms with Crippen LogP contribution in [-0.4, -0.2) is 30.5 Å². The maximum absolute atomic E-state index is 12.9. The lowest BCUT2D eigenvalue weighted by Crippen LogP contribution is -2.14. The van der Waals surface area contributed by atoms with Crippen LogP contribution in [0.5, 0.6) is 0 Å². The third kappa shape index (κ3) is 2.75. The average molecular weight is 350 g/mol. The van der Waals surface area contributed by atoms with Crippen molar-refractivity contribution in [3.63, 3.8) is 0 Å². The molecule has 132 valence electrons. The second-order valence-electron chi connectivity index (χ2n) is 6.28. The highest BCUT2D eigenvalue weighted by molar-refractivity contribution is 6.12. The third-order valence-corrected chi connectivity index (χ3v) is 4.03. The van der Waals surface area contributed by atoms with Gasteiger partial charge < -0.3 is 9.73 Å². The number of nitrogens with zero attached hydrogens (tertiary/aromatic N) is 5. The van der Waals surface area contributed by atoms with Gasteiger partial charge in [0.05, 0.1) is 23.4 Å². The van der Waals surface area contributed by atoms with E-state index >= 15 is 0 Å². The van der Waals surface area contributed by atoms with E-state index < -0.39 is 0 Å². The fraction of sp³-hybridized carbons (Fsp3) is 0.222. The summed E-state index contributed by atoms with van der Waals surface area (Å²) in [4.78, 5) is 17.5. The predicted molar refractivity (Wildman–Crippen MR) is 96.8 cm³/mol. The topological polar surface area (TPSA) is 90.8 Å². The number of hydrogen-bond donors (Lipinski definition) is 1. The van der Waals surface area contributed by atoms with Gasteiger partial charge in [0.15, 0.2) is 17.2 Å². The van der Waals surface area contributed by atoms with Gasteiger partial charge in [-0.05, 0) is 32.0 Å². The van der Waals surface area contributed by atoms with Gasteiger partial charge in [-0.1, -0.05) is 0 Å². The van der Waals surface area contributed by atoms with E-state index in [1.54, 1.807) is 53.3 Å². The van der Waals surface area contributed by atoms with Crippen molar-refractivity contribution >= 4 is 22.8 Å². The molecule has 0 aromatic carbocycles. The quantitative estimate of drug-likeness (QED) is 0.610. The highest BCUT2D eigenvalue weighted by Crippen LogP contribution is 2.27. The number of furan rings is 1. The van der Waals surface area contributed by atoms with Gasteiger partial charge in [0.25, 0.3) is 5.91 Å². The molecule has 0 saturated heterocycles.